The molecule has 1 aliphatic rings. The van der Waals surface area contributed by atoms with Crippen molar-refractivity contribution in [3.8, 4) is 0 Å². The summed E-state index contributed by atoms with van der Waals surface area (Å²) >= 11 is 1.77. The summed E-state index contributed by atoms with van der Waals surface area (Å²) in [4.78, 5) is 21.6. The maximum atomic E-state index is 11.8. The molecule has 7 nitrogen and oxygen atoms in total. The lowest BCUT2D eigenvalue weighted by atomic mass is 10.1. The Kier molecular flexibility index (Phi) is 11.2. The summed E-state index contributed by atoms with van der Waals surface area (Å²) in [5, 5.41) is 8.74. The number of aliphatic imine (C=N–C) groups is 1. The van der Waals surface area contributed by atoms with Crippen molar-refractivity contribution < 1.29 is 9.53 Å². The molecule has 154 valence electrons. The van der Waals surface area contributed by atoms with Crippen LogP contribution in [0.1, 0.15) is 24.8 Å². The molecule has 0 bridgehead atoms. The standard InChI is InChI=1S/C18H31N5O2S.HI/c1-5-19-18(21-12-17(24)22(3)4)20-11-15(16-7-6-10-26-16)23-8-9-25-14(2)13-23;/h6-7,10,14-15H,5,8-9,11-13H2,1-4H3,(H2,19,20,21);1H. The highest BCUT2D eigenvalue weighted by Crippen LogP contribution is 2.26. The van der Waals surface area contributed by atoms with E-state index in [0.29, 0.717) is 5.96 Å². The maximum absolute atomic E-state index is 11.8. The third-order valence-corrected chi connectivity index (χ3v) is 5.24. The number of rotatable bonds is 7. The van der Waals surface area contributed by atoms with Gasteiger partial charge < -0.3 is 20.3 Å². The van der Waals surface area contributed by atoms with Crippen LogP contribution in [-0.4, -0.2) is 81.2 Å². The molecule has 1 fully saturated rings. The fourth-order valence-corrected chi connectivity index (χ4v) is 3.70. The van der Waals surface area contributed by atoms with E-state index in [-0.39, 0.29) is 48.6 Å². The summed E-state index contributed by atoms with van der Waals surface area (Å²) in [5.41, 5.74) is 0. The van der Waals surface area contributed by atoms with E-state index in [1.165, 1.54) is 4.88 Å². The van der Waals surface area contributed by atoms with Crippen LogP contribution in [0.3, 0.4) is 0 Å². The zero-order valence-electron chi connectivity index (χ0n) is 16.6. The van der Waals surface area contributed by atoms with Crippen LogP contribution in [0.25, 0.3) is 0 Å². The molecule has 2 N–H and O–H groups in total. The highest BCUT2D eigenvalue weighted by molar-refractivity contribution is 14.0. The van der Waals surface area contributed by atoms with Gasteiger partial charge in [0.15, 0.2) is 5.96 Å². The molecule has 2 rings (SSSR count). The minimum Gasteiger partial charge on any atom is -0.376 e. The van der Waals surface area contributed by atoms with Gasteiger partial charge in [-0.05, 0) is 25.3 Å². The van der Waals surface area contributed by atoms with E-state index in [2.05, 4.69) is 45.0 Å². The van der Waals surface area contributed by atoms with Gasteiger partial charge in [-0.15, -0.1) is 35.3 Å². The molecule has 0 aromatic carbocycles. The van der Waals surface area contributed by atoms with Crippen LogP contribution in [0, 0.1) is 0 Å². The van der Waals surface area contributed by atoms with Gasteiger partial charge in [0, 0.05) is 45.2 Å². The topological polar surface area (TPSA) is 69.2 Å². The van der Waals surface area contributed by atoms with E-state index < -0.39 is 0 Å². The smallest absolute Gasteiger partial charge is 0.243 e. The Labute approximate surface area is 183 Å². The molecule has 1 aromatic heterocycles. The number of nitrogens with zero attached hydrogens (tertiary/aromatic N) is 3. The van der Waals surface area contributed by atoms with Crippen molar-refractivity contribution in [2.75, 3.05) is 53.4 Å². The fourth-order valence-electron chi connectivity index (χ4n) is 2.84. The molecule has 2 unspecified atom stereocenters. The largest absolute Gasteiger partial charge is 0.376 e. The van der Waals surface area contributed by atoms with E-state index in [1.807, 2.05) is 6.92 Å². The van der Waals surface area contributed by atoms with Crippen molar-refractivity contribution in [2.45, 2.75) is 26.0 Å². The number of halogens is 1. The van der Waals surface area contributed by atoms with Gasteiger partial charge in [0.1, 0.15) is 6.54 Å². The number of guanidine groups is 1. The van der Waals surface area contributed by atoms with Crippen molar-refractivity contribution in [2.24, 2.45) is 4.99 Å². The van der Waals surface area contributed by atoms with Crippen LogP contribution in [0.2, 0.25) is 0 Å². The van der Waals surface area contributed by atoms with Crippen molar-refractivity contribution in [3.63, 3.8) is 0 Å². The molecule has 0 radical (unpaired) electrons. The lowest BCUT2D eigenvalue weighted by Gasteiger charge is -2.37. The number of hydrogen-bond donors (Lipinski definition) is 2. The van der Waals surface area contributed by atoms with Gasteiger partial charge in [0.05, 0.1) is 18.8 Å². The van der Waals surface area contributed by atoms with Gasteiger partial charge in [-0.3, -0.25) is 9.69 Å². The van der Waals surface area contributed by atoms with Crippen LogP contribution in [-0.2, 0) is 9.53 Å². The number of morpholine rings is 1. The number of hydrogen-bond acceptors (Lipinski definition) is 5. The number of thiophene rings is 1. The first-order valence-corrected chi connectivity index (χ1v) is 10.0. The predicted molar refractivity (Wildman–Crippen MR) is 122 cm³/mol. The number of carbonyl (C=O) groups is 1. The third-order valence-electron chi connectivity index (χ3n) is 4.26. The molecule has 0 saturated carbocycles. The van der Waals surface area contributed by atoms with E-state index in [0.717, 1.165) is 32.8 Å². The van der Waals surface area contributed by atoms with E-state index >= 15 is 0 Å². The summed E-state index contributed by atoms with van der Waals surface area (Å²) in [5.74, 6) is 0.657. The molecule has 1 aliphatic heterocycles. The quantitative estimate of drug-likeness (QED) is 0.333. The highest BCUT2D eigenvalue weighted by atomic mass is 127. The number of amides is 1. The first-order valence-electron chi connectivity index (χ1n) is 9.12. The summed E-state index contributed by atoms with van der Waals surface area (Å²) < 4.78 is 5.69. The summed E-state index contributed by atoms with van der Waals surface area (Å²) in [6.45, 7) is 8.35. The SMILES string of the molecule is CCNC(=NCC(=O)N(C)C)NCC(c1cccs1)N1CCOC(C)C1.I. The summed E-state index contributed by atoms with van der Waals surface area (Å²) in [6.07, 6.45) is 0.242. The maximum Gasteiger partial charge on any atom is 0.243 e. The Morgan fingerprint density at radius 1 is 1.48 bits per heavy atom. The first-order chi connectivity index (χ1) is 12.5. The van der Waals surface area contributed by atoms with E-state index in [4.69, 9.17) is 4.74 Å². The molecule has 9 heteroatoms. The van der Waals surface area contributed by atoms with Gasteiger partial charge in [0.2, 0.25) is 5.91 Å². The monoisotopic (exact) mass is 509 g/mol. The number of likely N-dealkylation sites (N-methyl/N-ethyl adjacent to an activating group) is 1. The minimum atomic E-state index is -0.0148. The molecule has 0 aliphatic carbocycles. The van der Waals surface area contributed by atoms with Gasteiger partial charge in [-0.2, -0.15) is 0 Å². The van der Waals surface area contributed by atoms with Gasteiger partial charge in [-0.1, -0.05) is 6.07 Å². The molecule has 1 aromatic rings. The second-order valence-electron chi connectivity index (χ2n) is 6.57. The fraction of sp³-hybridized carbons (Fsp3) is 0.667. The van der Waals surface area contributed by atoms with Gasteiger partial charge in [-0.25, -0.2) is 4.99 Å². The Balaban J connectivity index is 0.00000364. The van der Waals surface area contributed by atoms with E-state index in [9.17, 15) is 4.79 Å². The first kappa shape index (κ1) is 24.1. The Morgan fingerprint density at radius 2 is 2.26 bits per heavy atom. The van der Waals surface area contributed by atoms with Crippen LogP contribution in [0.15, 0.2) is 22.5 Å². The third kappa shape index (κ3) is 7.92. The van der Waals surface area contributed by atoms with Crippen LogP contribution < -0.4 is 10.6 Å². The molecular weight excluding hydrogens is 477 g/mol. The Bertz CT molecular complexity index is 582. The number of ether oxygens (including phenoxy) is 1. The molecule has 2 atom stereocenters. The van der Waals surface area contributed by atoms with Gasteiger partial charge >= 0.3 is 0 Å². The highest BCUT2D eigenvalue weighted by Gasteiger charge is 2.26. The van der Waals surface area contributed by atoms with Gasteiger partial charge in [0.25, 0.3) is 0 Å². The molecule has 2 heterocycles. The van der Waals surface area contributed by atoms with Crippen molar-refractivity contribution in [1.82, 2.24) is 20.4 Å². The van der Waals surface area contributed by atoms with Crippen molar-refractivity contribution in [3.05, 3.63) is 22.4 Å². The van der Waals surface area contributed by atoms with Crippen LogP contribution >= 0.6 is 35.3 Å². The van der Waals surface area contributed by atoms with Crippen LogP contribution in [0.5, 0.6) is 0 Å². The predicted octanol–water partition coefficient (Wildman–Crippen LogP) is 1.77. The lowest BCUT2D eigenvalue weighted by molar-refractivity contribution is -0.127. The number of nitrogens with one attached hydrogen (secondary N) is 2. The summed E-state index contributed by atoms with van der Waals surface area (Å²) in [7, 11) is 3.48. The second kappa shape index (κ2) is 12.5. The average molecular weight is 509 g/mol. The Morgan fingerprint density at radius 3 is 2.85 bits per heavy atom. The normalized spacial score (nSPS) is 19.1. The van der Waals surface area contributed by atoms with Crippen molar-refractivity contribution >= 4 is 47.2 Å². The summed E-state index contributed by atoms with van der Waals surface area (Å²) in [6, 6.07) is 4.53. The van der Waals surface area contributed by atoms with Crippen LogP contribution in [0.4, 0.5) is 0 Å². The minimum absolute atomic E-state index is 0. The number of carbonyl (C=O) groups excluding carboxylic acids is 1. The molecule has 0 spiro atoms. The zero-order chi connectivity index (χ0) is 18.9. The average Bonchev–Trinajstić information content (AvgIpc) is 3.13. The molecule has 1 saturated heterocycles. The molecule has 27 heavy (non-hydrogen) atoms. The molecule has 1 amide bonds. The van der Waals surface area contributed by atoms with E-state index in [1.54, 1.807) is 30.3 Å². The second-order valence-corrected chi connectivity index (χ2v) is 7.55. The van der Waals surface area contributed by atoms with Crippen molar-refractivity contribution in [1.29, 1.82) is 0 Å². The zero-order valence-corrected chi connectivity index (χ0v) is 19.8. The lowest BCUT2D eigenvalue weighted by Crippen LogP contribution is -2.48. The molecular formula is C18H32IN5O2S. The Hall–Kier alpha value is -0.910.